The van der Waals surface area contributed by atoms with Crippen LogP contribution in [0.25, 0.3) is 21.3 Å². The smallest absolute Gasteiger partial charge is 0.160 e. The van der Waals surface area contributed by atoms with E-state index in [1.54, 1.807) is 6.07 Å². The van der Waals surface area contributed by atoms with Crippen LogP contribution >= 0.6 is 11.3 Å². The third-order valence-electron chi connectivity index (χ3n) is 2.18. The van der Waals surface area contributed by atoms with Gasteiger partial charge in [0.05, 0.1) is 9.58 Å². The highest BCUT2D eigenvalue weighted by atomic mass is 32.1. The van der Waals surface area contributed by atoms with Crippen molar-refractivity contribution in [3.05, 3.63) is 35.2 Å². The van der Waals surface area contributed by atoms with Crippen molar-refractivity contribution in [2.24, 2.45) is 0 Å². The van der Waals surface area contributed by atoms with Crippen LogP contribution in [0, 0.1) is 0 Å². The van der Waals surface area contributed by atoms with E-state index in [9.17, 15) is 4.79 Å². The molecule has 0 aliphatic rings. The summed E-state index contributed by atoms with van der Waals surface area (Å²) in [7, 11) is 0. The molecule has 0 spiro atoms. The van der Waals surface area contributed by atoms with Crippen LogP contribution in [-0.2, 0) is 0 Å². The van der Waals surface area contributed by atoms with E-state index in [-0.39, 0.29) is 0 Å². The Bertz CT molecular complexity index is 618. The van der Waals surface area contributed by atoms with Gasteiger partial charge in [-0.3, -0.25) is 4.79 Å². The number of fused-ring (bicyclic) bond motifs is 3. The number of rotatable bonds is 1. The maximum atomic E-state index is 10.6. The van der Waals surface area contributed by atoms with Gasteiger partial charge in [-0.25, -0.2) is 0 Å². The maximum Gasteiger partial charge on any atom is 0.160 e. The Balaban J connectivity index is 2.50. The van der Waals surface area contributed by atoms with Crippen LogP contribution in [0.5, 0.6) is 0 Å². The zero-order valence-corrected chi connectivity index (χ0v) is 8.01. The quantitative estimate of drug-likeness (QED) is 0.565. The molecule has 2 aromatic heterocycles. The summed E-state index contributed by atoms with van der Waals surface area (Å²) in [4.78, 5) is 11.3. The Labute approximate surface area is 83.8 Å². The fourth-order valence-corrected chi connectivity index (χ4v) is 2.51. The van der Waals surface area contributed by atoms with Gasteiger partial charge in [0, 0.05) is 11.5 Å². The molecule has 0 aliphatic heterocycles. The first-order chi connectivity index (χ1) is 6.88. The Morgan fingerprint density at radius 3 is 2.93 bits per heavy atom. The van der Waals surface area contributed by atoms with E-state index in [2.05, 4.69) is 0 Å². The Kier molecular flexibility index (Phi) is 1.49. The monoisotopic (exact) mass is 202 g/mol. The van der Waals surface area contributed by atoms with Crippen LogP contribution < -0.4 is 0 Å². The van der Waals surface area contributed by atoms with E-state index in [0.717, 1.165) is 27.5 Å². The van der Waals surface area contributed by atoms with Gasteiger partial charge in [-0.05, 0) is 12.1 Å². The number of hydrogen-bond acceptors (Lipinski definition) is 3. The summed E-state index contributed by atoms with van der Waals surface area (Å²) in [6.07, 6.45) is 0.856. The molecule has 2 heterocycles. The summed E-state index contributed by atoms with van der Waals surface area (Å²) < 4.78 is 6.64. The molecule has 0 unspecified atom stereocenters. The van der Waals surface area contributed by atoms with E-state index in [0.29, 0.717) is 4.88 Å². The first-order valence-corrected chi connectivity index (χ1v) is 5.06. The zero-order valence-electron chi connectivity index (χ0n) is 7.19. The van der Waals surface area contributed by atoms with Crippen LogP contribution in [-0.4, -0.2) is 6.29 Å². The van der Waals surface area contributed by atoms with Crippen LogP contribution in [0.2, 0.25) is 0 Å². The lowest BCUT2D eigenvalue weighted by Gasteiger charge is -1.84. The molecule has 0 aliphatic carbocycles. The van der Waals surface area contributed by atoms with Crippen molar-refractivity contribution in [1.82, 2.24) is 0 Å². The molecule has 0 bridgehead atoms. The fraction of sp³-hybridized carbons (Fsp3) is 0. The van der Waals surface area contributed by atoms with Gasteiger partial charge in [-0.1, -0.05) is 12.1 Å². The number of para-hydroxylation sites is 1. The number of aldehydes is 1. The van der Waals surface area contributed by atoms with Gasteiger partial charge in [-0.15, -0.1) is 11.3 Å². The predicted octanol–water partition coefficient (Wildman–Crippen LogP) is 3.46. The zero-order chi connectivity index (χ0) is 9.54. The minimum atomic E-state index is 0.713. The minimum absolute atomic E-state index is 0.713. The van der Waals surface area contributed by atoms with Crippen LogP contribution in [0.3, 0.4) is 0 Å². The molecular formula is C11H6O2S. The van der Waals surface area contributed by atoms with Crippen molar-refractivity contribution in [2.45, 2.75) is 0 Å². The molecule has 0 fully saturated rings. The fourth-order valence-electron chi connectivity index (χ4n) is 1.58. The molecular weight excluding hydrogens is 196 g/mol. The van der Waals surface area contributed by atoms with Crippen LogP contribution in [0.4, 0.5) is 0 Å². The van der Waals surface area contributed by atoms with Crippen LogP contribution in [0.15, 0.2) is 34.7 Å². The molecule has 0 saturated heterocycles. The molecule has 68 valence electrons. The molecule has 1 aromatic carbocycles. The van der Waals surface area contributed by atoms with Crippen molar-refractivity contribution in [3.8, 4) is 0 Å². The van der Waals surface area contributed by atoms with Crippen LogP contribution in [0.1, 0.15) is 9.67 Å². The van der Waals surface area contributed by atoms with Crippen molar-refractivity contribution < 1.29 is 9.21 Å². The number of furan rings is 1. The summed E-state index contributed by atoms with van der Waals surface area (Å²) >= 11 is 1.47. The molecule has 2 nitrogen and oxygen atoms in total. The SMILES string of the molecule is O=Cc1cc2oc3ccccc3c2s1. The van der Waals surface area contributed by atoms with Gasteiger partial charge >= 0.3 is 0 Å². The van der Waals surface area contributed by atoms with E-state index in [1.807, 2.05) is 24.3 Å². The minimum Gasteiger partial charge on any atom is -0.455 e. The molecule has 3 heteroatoms. The molecule has 14 heavy (non-hydrogen) atoms. The first kappa shape index (κ1) is 7.76. The largest absolute Gasteiger partial charge is 0.455 e. The molecule has 0 N–H and O–H groups in total. The van der Waals surface area contributed by atoms with Crippen molar-refractivity contribution in [1.29, 1.82) is 0 Å². The van der Waals surface area contributed by atoms with Gasteiger partial charge in [0.2, 0.25) is 0 Å². The normalized spacial score (nSPS) is 11.1. The number of carbonyl (C=O) groups excluding carboxylic acids is 1. The number of benzene rings is 1. The second-order valence-electron chi connectivity index (χ2n) is 3.06. The number of carbonyl (C=O) groups is 1. The van der Waals surface area contributed by atoms with E-state index in [4.69, 9.17) is 4.42 Å². The molecule has 0 atom stereocenters. The van der Waals surface area contributed by atoms with E-state index < -0.39 is 0 Å². The number of hydrogen-bond donors (Lipinski definition) is 0. The Morgan fingerprint density at radius 1 is 1.21 bits per heavy atom. The van der Waals surface area contributed by atoms with Crippen molar-refractivity contribution in [3.63, 3.8) is 0 Å². The third kappa shape index (κ3) is 0.930. The number of thiophene rings is 1. The summed E-state index contributed by atoms with van der Waals surface area (Å²) in [5.41, 5.74) is 1.68. The van der Waals surface area contributed by atoms with E-state index in [1.165, 1.54) is 11.3 Å². The summed E-state index contributed by atoms with van der Waals surface area (Å²) in [5.74, 6) is 0. The average molecular weight is 202 g/mol. The predicted molar refractivity (Wildman–Crippen MR) is 57.0 cm³/mol. The second-order valence-corrected chi connectivity index (χ2v) is 4.14. The molecule has 0 amide bonds. The third-order valence-corrected chi connectivity index (χ3v) is 3.26. The lowest BCUT2D eigenvalue weighted by molar-refractivity contribution is 0.112. The summed E-state index contributed by atoms with van der Waals surface area (Å²) in [6.45, 7) is 0. The lowest BCUT2D eigenvalue weighted by Crippen LogP contribution is -1.64. The van der Waals surface area contributed by atoms with E-state index >= 15 is 0 Å². The Hall–Kier alpha value is -1.61. The highest BCUT2D eigenvalue weighted by molar-refractivity contribution is 7.21. The van der Waals surface area contributed by atoms with Gasteiger partial charge in [0.15, 0.2) is 6.29 Å². The molecule has 0 radical (unpaired) electrons. The van der Waals surface area contributed by atoms with Gasteiger partial charge < -0.3 is 4.42 Å². The molecule has 3 aromatic rings. The highest BCUT2D eigenvalue weighted by Gasteiger charge is 2.09. The van der Waals surface area contributed by atoms with Crippen molar-refractivity contribution >= 4 is 38.9 Å². The van der Waals surface area contributed by atoms with Gasteiger partial charge in [0.1, 0.15) is 11.2 Å². The van der Waals surface area contributed by atoms with Crippen molar-refractivity contribution in [2.75, 3.05) is 0 Å². The van der Waals surface area contributed by atoms with Gasteiger partial charge in [-0.2, -0.15) is 0 Å². The molecule has 0 saturated carbocycles. The summed E-state index contributed by atoms with van der Waals surface area (Å²) in [6, 6.07) is 9.63. The average Bonchev–Trinajstić information content (AvgIpc) is 2.73. The topological polar surface area (TPSA) is 30.2 Å². The second kappa shape index (κ2) is 2.69. The standard InChI is InChI=1S/C11H6O2S/c12-6-7-5-10-11(14-7)8-3-1-2-4-9(8)13-10/h1-6H. The highest BCUT2D eigenvalue weighted by Crippen LogP contribution is 2.34. The first-order valence-electron chi connectivity index (χ1n) is 4.25. The Morgan fingerprint density at radius 2 is 2.07 bits per heavy atom. The summed E-state index contributed by atoms with van der Waals surface area (Å²) in [5, 5.41) is 1.08. The maximum absolute atomic E-state index is 10.6. The van der Waals surface area contributed by atoms with Gasteiger partial charge in [0.25, 0.3) is 0 Å². The molecule has 3 rings (SSSR count). The lowest BCUT2D eigenvalue weighted by atomic mass is 10.2.